The van der Waals surface area contributed by atoms with E-state index in [9.17, 15) is 36.6 Å². The van der Waals surface area contributed by atoms with E-state index in [1.807, 2.05) is 47.6 Å². The Morgan fingerprint density at radius 1 is 0.973 bits per heavy atom. The highest BCUT2D eigenvalue weighted by Gasteiger charge is 2.43. The molecule has 1 aromatic heterocycles. The van der Waals surface area contributed by atoms with Crippen molar-refractivity contribution in [2.24, 2.45) is 5.92 Å². The van der Waals surface area contributed by atoms with Gasteiger partial charge in [0.2, 0.25) is 5.12 Å². The predicted molar refractivity (Wildman–Crippen MR) is 134 cm³/mol. The van der Waals surface area contributed by atoms with Gasteiger partial charge in [0.25, 0.3) is 6.43 Å². The number of alkyl halides is 5. The van der Waals surface area contributed by atoms with Crippen molar-refractivity contribution in [3.05, 3.63) is 57.4 Å². The lowest BCUT2D eigenvalue weighted by molar-refractivity contribution is -0.141. The van der Waals surface area contributed by atoms with Gasteiger partial charge < -0.3 is 5.11 Å². The Bertz CT molecular complexity index is 1190. The molecule has 0 aliphatic rings. The molecular weight excluding hydrogens is 513 g/mol. The minimum atomic E-state index is -5.26. The molecule has 1 heterocycles. The molecular formula is C27H32F5NO3S. The number of hydrogen-bond acceptors (Lipinski definition) is 4. The highest BCUT2D eigenvalue weighted by Crippen LogP contribution is 2.42. The third kappa shape index (κ3) is 7.09. The number of carbonyl (C=O) groups is 2. The maximum atomic E-state index is 14.1. The van der Waals surface area contributed by atoms with E-state index in [4.69, 9.17) is 0 Å². The first-order valence-corrected chi connectivity index (χ1v) is 12.5. The fourth-order valence-electron chi connectivity index (χ4n) is 3.91. The topological polar surface area (TPSA) is 67.3 Å². The summed E-state index contributed by atoms with van der Waals surface area (Å²) in [6.07, 6.45) is -9.17. The molecule has 0 fully saturated rings. The summed E-state index contributed by atoms with van der Waals surface area (Å²) in [6, 6.07) is 5.33. The second kappa shape index (κ2) is 10.7. The number of aromatic nitrogens is 1. The fraction of sp³-hybridized carbons (Fsp3) is 0.519. The van der Waals surface area contributed by atoms with Crippen molar-refractivity contribution in [3.8, 4) is 0 Å². The van der Waals surface area contributed by atoms with Crippen LogP contribution in [0.25, 0.3) is 0 Å². The molecule has 2 aromatic rings. The van der Waals surface area contributed by atoms with Gasteiger partial charge in [-0.15, -0.1) is 0 Å². The standard InChI is InChI=1S/C27H32F5NO3S/c1-13(2)11-15-18(23(34)35)20(22(28)29)33-21(27(30,31)32)19(15)24(36)37-17-10-9-14(25(3,4)5)12-16(17)26(6,7)8/h9-10,12-13,22H,11H2,1-8H3,(H,34,35). The number of rotatable bonds is 6. The normalized spacial score (nSPS) is 12.9. The zero-order valence-corrected chi connectivity index (χ0v) is 22.9. The van der Waals surface area contributed by atoms with E-state index in [1.54, 1.807) is 26.0 Å². The van der Waals surface area contributed by atoms with Gasteiger partial charge in [0.05, 0.1) is 11.1 Å². The molecule has 0 saturated carbocycles. The molecule has 0 aliphatic carbocycles. The zero-order valence-electron chi connectivity index (χ0n) is 22.1. The van der Waals surface area contributed by atoms with Crippen molar-refractivity contribution >= 4 is 22.8 Å². The molecule has 0 amide bonds. The summed E-state index contributed by atoms with van der Waals surface area (Å²) in [4.78, 5) is 28.9. The molecule has 0 unspecified atom stereocenters. The van der Waals surface area contributed by atoms with E-state index >= 15 is 0 Å². The van der Waals surface area contributed by atoms with Crippen molar-refractivity contribution in [2.45, 2.75) is 90.1 Å². The lowest BCUT2D eigenvalue weighted by Gasteiger charge is -2.27. The second-order valence-corrected chi connectivity index (χ2v) is 12.4. The van der Waals surface area contributed by atoms with Gasteiger partial charge in [-0.05, 0) is 57.7 Å². The molecule has 2 rings (SSSR count). The van der Waals surface area contributed by atoms with Gasteiger partial charge in [-0.25, -0.2) is 18.6 Å². The molecule has 0 spiro atoms. The average Bonchev–Trinajstić information content (AvgIpc) is 2.69. The van der Waals surface area contributed by atoms with E-state index in [-0.39, 0.29) is 11.8 Å². The number of carboxylic acid groups (broad SMARTS) is 1. The first-order valence-electron chi connectivity index (χ1n) is 11.7. The summed E-state index contributed by atoms with van der Waals surface area (Å²) >= 11 is 0.516. The van der Waals surface area contributed by atoms with E-state index in [1.165, 1.54) is 0 Å². The molecule has 10 heteroatoms. The Morgan fingerprint density at radius 3 is 1.95 bits per heavy atom. The quantitative estimate of drug-likeness (QED) is 0.291. The van der Waals surface area contributed by atoms with Gasteiger partial charge in [0.15, 0.2) is 5.69 Å². The summed E-state index contributed by atoms with van der Waals surface area (Å²) in [5.74, 6) is -2.30. The van der Waals surface area contributed by atoms with Gasteiger partial charge in [0, 0.05) is 4.90 Å². The first kappa shape index (κ1) is 30.7. The molecule has 0 saturated heterocycles. The molecule has 1 N–H and O–H groups in total. The monoisotopic (exact) mass is 545 g/mol. The number of halogens is 5. The molecule has 0 bridgehead atoms. The summed E-state index contributed by atoms with van der Waals surface area (Å²) in [6.45, 7) is 14.9. The fourth-order valence-corrected chi connectivity index (χ4v) is 5.04. The second-order valence-electron chi connectivity index (χ2n) is 11.4. The van der Waals surface area contributed by atoms with Crippen molar-refractivity contribution in [2.75, 3.05) is 0 Å². The molecule has 0 atom stereocenters. The van der Waals surface area contributed by atoms with Gasteiger partial charge >= 0.3 is 12.1 Å². The van der Waals surface area contributed by atoms with Gasteiger partial charge in [-0.1, -0.05) is 67.5 Å². The molecule has 204 valence electrons. The van der Waals surface area contributed by atoms with E-state index in [0.29, 0.717) is 22.2 Å². The Kier molecular flexibility index (Phi) is 8.89. The molecule has 4 nitrogen and oxygen atoms in total. The minimum Gasteiger partial charge on any atom is -0.478 e. The molecule has 1 aromatic carbocycles. The van der Waals surface area contributed by atoms with Crippen molar-refractivity contribution < 1.29 is 36.6 Å². The lowest BCUT2D eigenvalue weighted by Crippen LogP contribution is -2.24. The van der Waals surface area contributed by atoms with Gasteiger partial charge in [0.1, 0.15) is 5.69 Å². The van der Waals surface area contributed by atoms with Crippen molar-refractivity contribution in [3.63, 3.8) is 0 Å². The van der Waals surface area contributed by atoms with Crippen LogP contribution in [0.1, 0.15) is 111 Å². The minimum absolute atomic E-state index is 0.230. The highest BCUT2D eigenvalue weighted by atomic mass is 32.2. The van der Waals surface area contributed by atoms with Crippen LogP contribution in [-0.4, -0.2) is 21.2 Å². The summed E-state index contributed by atoms with van der Waals surface area (Å²) in [5, 5.41) is 8.58. The van der Waals surface area contributed by atoms with E-state index < -0.39 is 63.1 Å². The van der Waals surface area contributed by atoms with Crippen LogP contribution in [0.15, 0.2) is 23.1 Å². The molecule has 0 aliphatic heterocycles. The Balaban J connectivity index is 2.89. The van der Waals surface area contributed by atoms with E-state index in [0.717, 1.165) is 5.56 Å². The zero-order chi connectivity index (χ0) is 28.7. The van der Waals surface area contributed by atoms with Crippen LogP contribution >= 0.6 is 11.8 Å². The van der Waals surface area contributed by atoms with Crippen molar-refractivity contribution in [1.29, 1.82) is 0 Å². The lowest BCUT2D eigenvalue weighted by atomic mass is 9.81. The number of hydrogen-bond donors (Lipinski definition) is 1. The van der Waals surface area contributed by atoms with Crippen LogP contribution < -0.4 is 0 Å². The summed E-state index contributed by atoms with van der Waals surface area (Å²) < 4.78 is 69.6. The van der Waals surface area contributed by atoms with Gasteiger partial charge in [-0.3, -0.25) is 4.79 Å². The third-order valence-electron chi connectivity index (χ3n) is 5.69. The Morgan fingerprint density at radius 2 is 1.54 bits per heavy atom. The maximum Gasteiger partial charge on any atom is 0.434 e. The summed E-state index contributed by atoms with van der Waals surface area (Å²) in [5.41, 5.74) is -4.97. The van der Waals surface area contributed by atoms with Crippen LogP contribution in [0.2, 0.25) is 0 Å². The largest absolute Gasteiger partial charge is 0.478 e. The van der Waals surface area contributed by atoms with Crippen molar-refractivity contribution in [1.82, 2.24) is 4.98 Å². The number of nitrogens with zero attached hydrogens (tertiary/aromatic N) is 1. The molecule has 0 radical (unpaired) electrons. The number of carboxylic acids is 1. The highest BCUT2D eigenvalue weighted by molar-refractivity contribution is 8.14. The SMILES string of the molecule is CC(C)Cc1c(C(=O)O)c(C(F)F)nc(C(F)(F)F)c1C(=O)Sc1ccc(C(C)(C)C)cc1C(C)(C)C. The summed E-state index contributed by atoms with van der Waals surface area (Å²) in [7, 11) is 0. The average molecular weight is 546 g/mol. The van der Waals surface area contributed by atoms with Crippen LogP contribution in [0.5, 0.6) is 0 Å². The Hall–Kier alpha value is -2.49. The smallest absolute Gasteiger partial charge is 0.434 e. The number of carbonyl (C=O) groups excluding carboxylic acids is 1. The van der Waals surface area contributed by atoms with Crippen LogP contribution in [-0.2, 0) is 23.4 Å². The van der Waals surface area contributed by atoms with E-state index in [2.05, 4.69) is 4.98 Å². The van der Waals surface area contributed by atoms with Crippen LogP contribution in [0.3, 0.4) is 0 Å². The number of aromatic carboxylic acids is 1. The first-order chi connectivity index (χ1) is 16.7. The third-order valence-corrected chi connectivity index (χ3v) is 6.66. The van der Waals surface area contributed by atoms with Gasteiger partial charge in [-0.2, -0.15) is 13.2 Å². The number of pyridine rings is 1. The maximum absolute atomic E-state index is 14.1. The number of thioether (sulfide) groups is 1. The molecule has 37 heavy (non-hydrogen) atoms. The van der Waals surface area contributed by atoms with Crippen LogP contribution in [0.4, 0.5) is 22.0 Å². The Labute approximate surface area is 218 Å². The predicted octanol–water partition coefficient (Wildman–Crippen LogP) is 8.46. The number of benzene rings is 1. The van der Waals surface area contributed by atoms with Crippen LogP contribution in [0, 0.1) is 5.92 Å².